The number of carbonyl (C=O) groups excluding carboxylic acids is 1. The normalized spacial score (nSPS) is 21.1. The standard InChI is InChI=1S/C15H18ClNO3S/c16-12-4-5-13-11(9-12)3-6-14(13)21(19,20)8-7-17-15(18)10-1-2-10/h4-5,9-10,14H,1-3,6-8H2,(H,17,18). The first-order valence-electron chi connectivity index (χ1n) is 7.25. The van der Waals surface area contributed by atoms with Gasteiger partial charge in [-0.25, -0.2) is 8.42 Å². The van der Waals surface area contributed by atoms with Crippen LogP contribution in [0.1, 0.15) is 35.6 Å². The molecule has 0 saturated heterocycles. The highest BCUT2D eigenvalue weighted by Gasteiger charge is 2.34. The van der Waals surface area contributed by atoms with E-state index in [2.05, 4.69) is 5.32 Å². The third-order valence-corrected chi connectivity index (χ3v) is 6.56. The molecule has 3 rings (SSSR count). The third kappa shape index (κ3) is 3.24. The van der Waals surface area contributed by atoms with Gasteiger partial charge in [-0.15, -0.1) is 0 Å². The van der Waals surface area contributed by atoms with Crippen molar-refractivity contribution in [2.45, 2.75) is 30.9 Å². The van der Waals surface area contributed by atoms with Gasteiger partial charge in [0.15, 0.2) is 9.84 Å². The van der Waals surface area contributed by atoms with E-state index in [0.717, 1.165) is 30.4 Å². The second-order valence-electron chi connectivity index (χ2n) is 5.80. The van der Waals surface area contributed by atoms with Gasteiger partial charge in [0.05, 0.1) is 11.0 Å². The molecule has 1 N–H and O–H groups in total. The number of benzene rings is 1. The molecule has 0 aromatic heterocycles. The number of carbonyl (C=O) groups is 1. The molecule has 1 amide bonds. The number of aryl methyl sites for hydroxylation is 1. The Morgan fingerprint density at radius 1 is 1.29 bits per heavy atom. The highest BCUT2D eigenvalue weighted by molar-refractivity contribution is 7.91. The Morgan fingerprint density at radius 3 is 2.76 bits per heavy atom. The summed E-state index contributed by atoms with van der Waals surface area (Å²) in [7, 11) is -3.25. The number of rotatable bonds is 5. The number of hydrogen-bond donors (Lipinski definition) is 1. The van der Waals surface area contributed by atoms with E-state index in [1.54, 1.807) is 6.07 Å². The van der Waals surface area contributed by atoms with E-state index in [1.165, 1.54) is 0 Å². The van der Waals surface area contributed by atoms with Crippen LogP contribution in [-0.2, 0) is 21.1 Å². The van der Waals surface area contributed by atoms with Gasteiger partial charge in [0, 0.05) is 17.5 Å². The fraction of sp³-hybridized carbons (Fsp3) is 0.533. The van der Waals surface area contributed by atoms with E-state index in [9.17, 15) is 13.2 Å². The maximum absolute atomic E-state index is 12.5. The number of amides is 1. The van der Waals surface area contributed by atoms with Crippen LogP contribution in [0, 0.1) is 5.92 Å². The molecule has 1 saturated carbocycles. The molecule has 0 bridgehead atoms. The Kier molecular flexibility index (Phi) is 3.97. The highest BCUT2D eigenvalue weighted by Crippen LogP contribution is 2.38. The molecule has 0 spiro atoms. The number of nitrogens with one attached hydrogen (secondary N) is 1. The number of fused-ring (bicyclic) bond motifs is 1. The molecule has 2 aliphatic carbocycles. The summed E-state index contributed by atoms with van der Waals surface area (Å²) in [5.74, 6) is 0.101. The molecule has 6 heteroatoms. The summed E-state index contributed by atoms with van der Waals surface area (Å²) in [6, 6.07) is 5.40. The third-order valence-electron chi connectivity index (χ3n) is 4.20. The second kappa shape index (κ2) is 5.61. The minimum Gasteiger partial charge on any atom is -0.355 e. The monoisotopic (exact) mass is 327 g/mol. The van der Waals surface area contributed by atoms with Gasteiger partial charge in [-0.05, 0) is 48.9 Å². The molecule has 1 aromatic rings. The molecule has 2 aliphatic rings. The van der Waals surface area contributed by atoms with E-state index in [4.69, 9.17) is 11.6 Å². The van der Waals surface area contributed by atoms with Crippen molar-refractivity contribution < 1.29 is 13.2 Å². The van der Waals surface area contributed by atoms with Crippen LogP contribution in [0.2, 0.25) is 5.02 Å². The lowest BCUT2D eigenvalue weighted by atomic mass is 10.1. The van der Waals surface area contributed by atoms with E-state index in [1.807, 2.05) is 12.1 Å². The van der Waals surface area contributed by atoms with Crippen molar-refractivity contribution in [3.05, 3.63) is 34.3 Å². The van der Waals surface area contributed by atoms with E-state index >= 15 is 0 Å². The van der Waals surface area contributed by atoms with Crippen LogP contribution in [0.15, 0.2) is 18.2 Å². The summed E-state index contributed by atoms with van der Waals surface area (Å²) >= 11 is 5.94. The minimum atomic E-state index is -3.25. The predicted octanol–water partition coefficient (Wildman–Crippen LogP) is 2.27. The predicted molar refractivity (Wildman–Crippen MR) is 82.0 cm³/mol. The van der Waals surface area contributed by atoms with Gasteiger partial charge in [-0.2, -0.15) is 0 Å². The fourth-order valence-corrected chi connectivity index (χ4v) is 4.83. The van der Waals surface area contributed by atoms with Gasteiger partial charge < -0.3 is 5.32 Å². The lowest BCUT2D eigenvalue weighted by Crippen LogP contribution is -2.31. The Labute approximate surface area is 129 Å². The molecule has 114 valence electrons. The lowest BCUT2D eigenvalue weighted by Gasteiger charge is -2.13. The van der Waals surface area contributed by atoms with Crippen LogP contribution >= 0.6 is 11.6 Å². The smallest absolute Gasteiger partial charge is 0.223 e. The fourth-order valence-electron chi connectivity index (χ4n) is 2.87. The van der Waals surface area contributed by atoms with Gasteiger partial charge in [0.25, 0.3) is 0 Å². The SMILES string of the molecule is O=C(NCCS(=O)(=O)C1CCc2cc(Cl)ccc21)C1CC1. The van der Waals surface area contributed by atoms with Gasteiger partial charge in [0.2, 0.25) is 5.91 Å². The van der Waals surface area contributed by atoms with Crippen molar-refractivity contribution in [2.24, 2.45) is 5.92 Å². The quantitative estimate of drug-likeness (QED) is 0.902. The summed E-state index contributed by atoms with van der Waals surface area (Å²) in [5, 5.41) is 2.90. The summed E-state index contributed by atoms with van der Waals surface area (Å²) in [5.41, 5.74) is 1.89. The molecule has 4 nitrogen and oxygen atoms in total. The summed E-state index contributed by atoms with van der Waals surface area (Å²) in [6.45, 7) is 0.205. The van der Waals surface area contributed by atoms with Crippen molar-refractivity contribution in [3.8, 4) is 0 Å². The maximum atomic E-state index is 12.5. The van der Waals surface area contributed by atoms with Crippen LogP contribution in [0.3, 0.4) is 0 Å². The number of hydrogen-bond acceptors (Lipinski definition) is 3. The first-order chi connectivity index (χ1) is 9.97. The molecular weight excluding hydrogens is 310 g/mol. The molecule has 1 unspecified atom stereocenters. The Hall–Kier alpha value is -1.07. The molecule has 1 fully saturated rings. The van der Waals surface area contributed by atoms with Gasteiger partial charge in [-0.3, -0.25) is 4.79 Å². The largest absolute Gasteiger partial charge is 0.355 e. The Balaban J connectivity index is 1.64. The van der Waals surface area contributed by atoms with Crippen LogP contribution < -0.4 is 5.32 Å². The zero-order chi connectivity index (χ0) is 15.0. The van der Waals surface area contributed by atoms with E-state index in [-0.39, 0.29) is 24.1 Å². The summed E-state index contributed by atoms with van der Waals surface area (Å²) < 4.78 is 24.9. The molecule has 1 atom stereocenters. The Bertz CT molecular complexity index is 667. The molecule has 0 heterocycles. The minimum absolute atomic E-state index is 0.00179. The molecule has 0 radical (unpaired) electrons. The van der Waals surface area contributed by atoms with E-state index < -0.39 is 15.1 Å². The van der Waals surface area contributed by atoms with Crippen LogP contribution in [0.5, 0.6) is 0 Å². The zero-order valence-electron chi connectivity index (χ0n) is 11.6. The zero-order valence-corrected chi connectivity index (χ0v) is 13.2. The molecule has 0 aliphatic heterocycles. The first kappa shape index (κ1) is 14.9. The summed E-state index contributed by atoms with van der Waals surface area (Å²) in [6.07, 6.45) is 3.20. The first-order valence-corrected chi connectivity index (χ1v) is 9.34. The topological polar surface area (TPSA) is 63.2 Å². The van der Waals surface area contributed by atoms with Crippen molar-refractivity contribution in [3.63, 3.8) is 0 Å². The van der Waals surface area contributed by atoms with Crippen LogP contribution in [0.25, 0.3) is 0 Å². The lowest BCUT2D eigenvalue weighted by molar-refractivity contribution is -0.122. The molecule has 21 heavy (non-hydrogen) atoms. The van der Waals surface area contributed by atoms with Gasteiger partial charge in [-0.1, -0.05) is 17.7 Å². The van der Waals surface area contributed by atoms with Crippen molar-refractivity contribution >= 4 is 27.3 Å². The highest BCUT2D eigenvalue weighted by atomic mass is 35.5. The average molecular weight is 328 g/mol. The maximum Gasteiger partial charge on any atom is 0.223 e. The second-order valence-corrected chi connectivity index (χ2v) is 8.54. The average Bonchev–Trinajstić information content (AvgIpc) is 3.18. The van der Waals surface area contributed by atoms with Crippen molar-refractivity contribution in [2.75, 3.05) is 12.3 Å². The van der Waals surface area contributed by atoms with Gasteiger partial charge in [0.1, 0.15) is 0 Å². The van der Waals surface area contributed by atoms with Crippen LogP contribution in [-0.4, -0.2) is 26.6 Å². The van der Waals surface area contributed by atoms with Gasteiger partial charge >= 0.3 is 0 Å². The van der Waals surface area contributed by atoms with Crippen molar-refractivity contribution in [1.29, 1.82) is 0 Å². The number of halogens is 1. The number of sulfone groups is 1. The van der Waals surface area contributed by atoms with E-state index in [0.29, 0.717) is 11.4 Å². The Morgan fingerprint density at radius 2 is 2.05 bits per heavy atom. The molecular formula is C15H18ClNO3S. The van der Waals surface area contributed by atoms with Crippen LogP contribution in [0.4, 0.5) is 0 Å². The molecule has 1 aromatic carbocycles. The van der Waals surface area contributed by atoms with Crippen molar-refractivity contribution in [1.82, 2.24) is 5.32 Å². The summed E-state index contributed by atoms with van der Waals surface area (Å²) in [4.78, 5) is 11.5.